The Balaban J connectivity index is 2.71. The van der Waals surface area contributed by atoms with Gasteiger partial charge in [-0.3, -0.25) is 4.98 Å². The van der Waals surface area contributed by atoms with Gasteiger partial charge in [0.25, 0.3) is 0 Å². The van der Waals surface area contributed by atoms with Crippen molar-refractivity contribution in [2.75, 3.05) is 12.4 Å². The molecule has 0 unspecified atom stereocenters. The molecule has 0 amide bonds. The number of benzene rings is 1. The van der Waals surface area contributed by atoms with Gasteiger partial charge in [0.15, 0.2) is 0 Å². The third-order valence-electron chi connectivity index (χ3n) is 3.32. The van der Waals surface area contributed by atoms with Gasteiger partial charge in [0.2, 0.25) is 0 Å². The van der Waals surface area contributed by atoms with Gasteiger partial charge in [-0.05, 0) is 30.2 Å². The van der Waals surface area contributed by atoms with Gasteiger partial charge in [-0.25, -0.2) is 0 Å². The van der Waals surface area contributed by atoms with Crippen LogP contribution in [0.4, 0.5) is 5.69 Å². The lowest BCUT2D eigenvalue weighted by atomic mass is 9.90. The summed E-state index contributed by atoms with van der Waals surface area (Å²) in [6.45, 7) is 8.76. The molecule has 1 heterocycles. The van der Waals surface area contributed by atoms with Gasteiger partial charge in [0.1, 0.15) is 0 Å². The zero-order valence-electron chi connectivity index (χ0n) is 12.0. The van der Waals surface area contributed by atoms with Crippen molar-refractivity contribution in [3.63, 3.8) is 0 Å². The molecular formula is C16H22N2. The lowest BCUT2D eigenvalue weighted by molar-refractivity contribution is 0.572. The highest BCUT2D eigenvalue weighted by Gasteiger charge is 2.17. The fourth-order valence-electron chi connectivity index (χ4n) is 2.08. The Morgan fingerprint density at radius 3 is 2.44 bits per heavy atom. The van der Waals surface area contributed by atoms with Gasteiger partial charge in [-0.15, -0.1) is 0 Å². The second-order valence-corrected chi connectivity index (χ2v) is 5.76. The highest BCUT2D eigenvalue weighted by molar-refractivity contribution is 5.92. The molecule has 2 heteroatoms. The molecule has 0 aliphatic heterocycles. The number of hydrogen-bond acceptors (Lipinski definition) is 2. The lowest BCUT2D eigenvalue weighted by Crippen LogP contribution is -2.14. The van der Waals surface area contributed by atoms with E-state index in [4.69, 9.17) is 4.98 Å². The Labute approximate surface area is 109 Å². The average Bonchev–Trinajstić information content (AvgIpc) is 2.35. The molecule has 0 saturated heterocycles. The van der Waals surface area contributed by atoms with Crippen molar-refractivity contribution in [1.29, 1.82) is 0 Å². The first kappa shape index (κ1) is 12.9. The van der Waals surface area contributed by atoms with E-state index in [-0.39, 0.29) is 5.41 Å². The maximum atomic E-state index is 4.79. The molecule has 2 rings (SSSR count). The first-order valence-corrected chi connectivity index (χ1v) is 6.57. The van der Waals surface area contributed by atoms with Crippen LogP contribution >= 0.6 is 0 Å². The van der Waals surface area contributed by atoms with E-state index >= 15 is 0 Å². The molecule has 0 atom stereocenters. The minimum Gasteiger partial charge on any atom is -0.388 e. The van der Waals surface area contributed by atoms with Gasteiger partial charge in [0.05, 0.1) is 5.52 Å². The summed E-state index contributed by atoms with van der Waals surface area (Å²) >= 11 is 0. The molecule has 1 aromatic heterocycles. The van der Waals surface area contributed by atoms with E-state index in [9.17, 15) is 0 Å². The summed E-state index contributed by atoms with van der Waals surface area (Å²) < 4.78 is 0. The van der Waals surface area contributed by atoms with E-state index in [2.05, 4.69) is 57.3 Å². The van der Waals surface area contributed by atoms with Crippen LogP contribution < -0.4 is 5.32 Å². The normalized spacial score (nSPS) is 11.8. The molecule has 2 aromatic rings. The number of aromatic nitrogens is 1. The monoisotopic (exact) mass is 242 g/mol. The van der Waals surface area contributed by atoms with Crippen molar-refractivity contribution < 1.29 is 0 Å². The summed E-state index contributed by atoms with van der Waals surface area (Å²) in [5, 5.41) is 4.51. The quantitative estimate of drug-likeness (QED) is 0.856. The smallest absolute Gasteiger partial charge is 0.0726 e. The van der Waals surface area contributed by atoms with Crippen LogP contribution in [0.2, 0.25) is 0 Å². The van der Waals surface area contributed by atoms with Gasteiger partial charge in [-0.1, -0.05) is 33.8 Å². The number of nitrogens with one attached hydrogen (secondary N) is 1. The zero-order valence-corrected chi connectivity index (χ0v) is 12.0. The molecule has 96 valence electrons. The summed E-state index contributed by atoms with van der Waals surface area (Å²) in [4.78, 5) is 4.79. The molecule has 0 aliphatic rings. The van der Waals surface area contributed by atoms with Crippen LogP contribution in [-0.2, 0) is 11.8 Å². The van der Waals surface area contributed by atoms with Crippen LogP contribution in [0.15, 0.2) is 24.3 Å². The second kappa shape index (κ2) is 4.60. The Bertz CT molecular complexity index is 565. The molecule has 0 saturated carbocycles. The number of aryl methyl sites for hydroxylation is 1. The first-order chi connectivity index (χ1) is 8.45. The summed E-state index contributed by atoms with van der Waals surface area (Å²) in [6.07, 6.45) is 1.06. The fraction of sp³-hybridized carbons (Fsp3) is 0.438. The molecule has 2 nitrogen and oxygen atoms in total. The minimum absolute atomic E-state index is 0.0726. The largest absolute Gasteiger partial charge is 0.388 e. The number of anilines is 1. The molecule has 1 N–H and O–H groups in total. The van der Waals surface area contributed by atoms with Gasteiger partial charge < -0.3 is 5.32 Å². The maximum absolute atomic E-state index is 4.79. The Hall–Kier alpha value is -1.57. The summed E-state index contributed by atoms with van der Waals surface area (Å²) in [6, 6.07) is 8.70. The maximum Gasteiger partial charge on any atom is 0.0726 e. The Morgan fingerprint density at radius 1 is 1.17 bits per heavy atom. The van der Waals surface area contributed by atoms with E-state index in [1.165, 1.54) is 16.6 Å². The van der Waals surface area contributed by atoms with E-state index < -0.39 is 0 Å². The number of nitrogens with zero attached hydrogens (tertiary/aromatic N) is 1. The molecular weight excluding hydrogens is 220 g/mol. The standard InChI is InChI=1S/C16H22N2/c1-6-11-7-8-13-12(9-11)14(17-5)10-15(18-13)16(2,3)4/h7-10H,6H2,1-5H3,(H,17,18). The first-order valence-electron chi connectivity index (χ1n) is 6.57. The topological polar surface area (TPSA) is 24.9 Å². The van der Waals surface area contributed by atoms with E-state index in [1.54, 1.807) is 0 Å². The van der Waals surface area contributed by atoms with E-state index in [0.717, 1.165) is 17.6 Å². The van der Waals surface area contributed by atoms with Crippen LogP contribution in [0, 0.1) is 0 Å². The molecule has 0 aliphatic carbocycles. The van der Waals surface area contributed by atoms with Crippen LogP contribution in [0.25, 0.3) is 10.9 Å². The fourth-order valence-corrected chi connectivity index (χ4v) is 2.08. The van der Waals surface area contributed by atoms with E-state index in [1.807, 2.05) is 7.05 Å². The van der Waals surface area contributed by atoms with Crippen LogP contribution in [0.3, 0.4) is 0 Å². The third-order valence-corrected chi connectivity index (χ3v) is 3.32. The third kappa shape index (κ3) is 2.33. The van der Waals surface area contributed by atoms with Crippen LogP contribution in [0.1, 0.15) is 39.0 Å². The van der Waals surface area contributed by atoms with Crippen molar-refractivity contribution in [1.82, 2.24) is 4.98 Å². The molecule has 0 spiro atoms. The SMILES string of the molecule is CCc1ccc2nc(C(C)(C)C)cc(NC)c2c1. The number of hydrogen-bond donors (Lipinski definition) is 1. The lowest BCUT2D eigenvalue weighted by Gasteiger charge is -2.20. The molecule has 0 fully saturated rings. The molecule has 0 radical (unpaired) electrons. The van der Waals surface area contributed by atoms with Crippen LogP contribution in [0.5, 0.6) is 0 Å². The highest BCUT2D eigenvalue weighted by Crippen LogP contribution is 2.29. The predicted molar refractivity (Wildman–Crippen MR) is 79.4 cm³/mol. The zero-order chi connectivity index (χ0) is 13.3. The molecule has 1 aromatic carbocycles. The average molecular weight is 242 g/mol. The predicted octanol–water partition coefficient (Wildman–Crippen LogP) is 4.14. The second-order valence-electron chi connectivity index (χ2n) is 5.76. The highest BCUT2D eigenvalue weighted by atomic mass is 14.8. The van der Waals surface area contributed by atoms with Gasteiger partial charge in [-0.2, -0.15) is 0 Å². The van der Waals surface area contributed by atoms with E-state index in [0.29, 0.717) is 0 Å². The van der Waals surface area contributed by atoms with Crippen molar-refractivity contribution in [3.05, 3.63) is 35.5 Å². The number of rotatable bonds is 2. The number of pyridine rings is 1. The molecule has 0 bridgehead atoms. The van der Waals surface area contributed by atoms with Crippen molar-refractivity contribution in [3.8, 4) is 0 Å². The van der Waals surface area contributed by atoms with Crippen molar-refractivity contribution >= 4 is 16.6 Å². The van der Waals surface area contributed by atoms with Crippen LogP contribution in [-0.4, -0.2) is 12.0 Å². The molecule has 18 heavy (non-hydrogen) atoms. The summed E-state index contributed by atoms with van der Waals surface area (Å²) in [7, 11) is 1.97. The van der Waals surface area contributed by atoms with Crippen molar-refractivity contribution in [2.24, 2.45) is 0 Å². The summed E-state index contributed by atoms with van der Waals surface area (Å²) in [5.74, 6) is 0. The van der Waals surface area contributed by atoms with Crippen molar-refractivity contribution in [2.45, 2.75) is 39.5 Å². The van der Waals surface area contributed by atoms with Gasteiger partial charge >= 0.3 is 0 Å². The number of fused-ring (bicyclic) bond motifs is 1. The minimum atomic E-state index is 0.0726. The summed E-state index contributed by atoms with van der Waals surface area (Å²) in [5.41, 5.74) is 4.79. The Kier molecular flexibility index (Phi) is 3.29. The van der Waals surface area contributed by atoms with Gasteiger partial charge in [0, 0.05) is 29.2 Å². The Morgan fingerprint density at radius 2 is 1.89 bits per heavy atom.